The van der Waals surface area contributed by atoms with Crippen LogP contribution in [-0.2, 0) is 15.2 Å². The maximum atomic E-state index is 12.5. The minimum atomic E-state index is -2.28. The quantitative estimate of drug-likeness (QED) is 0.481. The molecule has 2 unspecified atom stereocenters. The van der Waals surface area contributed by atoms with E-state index in [1.165, 1.54) is 36.4 Å². The van der Waals surface area contributed by atoms with Crippen molar-refractivity contribution in [3.05, 3.63) is 67.7 Å². The van der Waals surface area contributed by atoms with E-state index in [4.69, 9.17) is 23.2 Å². The number of hydrogen-bond donors (Lipinski definition) is 2. The molecule has 0 bridgehead atoms. The lowest BCUT2D eigenvalue weighted by Gasteiger charge is -2.28. The van der Waals surface area contributed by atoms with Crippen molar-refractivity contribution in [2.75, 3.05) is 5.32 Å². The average molecular weight is 381 g/mol. The molecule has 0 saturated carbocycles. The number of non-ortho nitro benzene ring substituents is 1. The highest BCUT2D eigenvalue weighted by Gasteiger charge is 2.53. The molecule has 2 N–H and O–H groups in total. The van der Waals surface area contributed by atoms with Gasteiger partial charge in [-0.2, -0.15) is 0 Å². The number of benzene rings is 2. The van der Waals surface area contributed by atoms with Crippen LogP contribution in [0.15, 0.2) is 36.4 Å². The first-order valence-corrected chi connectivity index (χ1v) is 7.78. The van der Waals surface area contributed by atoms with Crippen molar-refractivity contribution in [3.8, 4) is 0 Å². The number of halogens is 2. The number of nitro groups is 1. The van der Waals surface area contributed by atoms with Gasteiger partial charge in [-0.1, -0.05) is 35.3 Å². The Morgan fingerprint density at radius 1 is 1.16 bits per heavy atom. The van der Waals surface area contributed by atoms with Gasteiger partial charge < -0.3 is 15.2 Å². The van der Waals surface area contributed by atoms with Gasteiger partial charge in [-0.25, -0.2) is 0 Å². The predicted molar refractivity (Wildman–Crippen MR) is 90.9 cm³/mol. The first-order chi connectivity index (χ1) is 11.8. The van der Waals surface area contributed by atoms with Crippen LogP contribution in [0.4, 0.5) is 11.4 Å². The van der Waals surface area contributed by atoms with E-state index < -0.39 is 22.3 Å². The highest BCUT2D eigenvalue weighted by Crippen LogP contribution is 2.50. The maximum Gasteiger partial charge on any atom is 0.269 e. The van der Waals surface area contributed by atoms with Gasteiger partial charge >= 0.3 is 0 Å². The van der Waals surface area contributed by atoms with Gasteiger partial charge in [-0.3, -0.25) is 14.9 Å². The second-order valence-corrected chi connectivity index (χ2v) is 6.28. The molecule has 3 rings (SSSR count). The van der Waals surface area contributed by atoms with E-state index in [9.17, 15) is 24.8 Å². The summed E-state index contributed by atoms with van der Waals surface area (Å²) in [5, 5.41) is 24.5. The summed E-state index contributed by atoms with van der Waals surface area (Å²) < 4.78 is 0. The van der Waals surface area contributed by atoms with Crippen molar-refractivity contribution in [2.45, 2.75) is 11.5 Å². The van der Waals surface area contributed by atoms with Crippen molar-refractivity contribution < 1.29 is 19.6 Å². The summed E-state index contributed by atoms with van der Waals surface area (Å²) in [7, 11) is 0. The molecule has 2 atom stereocenters. The second-order valence-electron chi connectivity index (χ2n) is 5.46. The zero-order valence-electron chi connectivity index (χ0n) is 12.4. The molecule has 0 fully saturated rings. The third-order valence-electron chi connectivity index (χ3n) is 4.12. The Labute approximate surface area is 151 Å². The van der Waals surface area contributed by atoms with Crippen molar-refractivity contribution in [1.82, 2.24) is 0 Å². The molecule has 7 nitrogen and oxygen atoms in total. The lowest BCUT2D eigenvalue weighted by atomic mass is 9.78. The van der Waals surface area contributed by atoms with Gasteiger partial charge in [0.25, 0.3) is 11.6 Å². The monoisotopic (exact) mass is 380 g/mol. The highest BCUT2D eigenvalue weighted by atomic mass is 35.5. The third-order valence-corrected chi connectivity index (χ3v) is 4.75. The van der Waals surface area contributed by atoms with Crippen LogP contribution in [0.1, 0.15) is 17.0 Å². The lowest BCUT2D eigenvalue weighted by molar-refractivity contribution is -0.384. The number of nitrogens with one attached hydrogen (secondary N) is 1. The number of aldehydes is 1. The van der Waals surface area contributed by atoms with E-state index >= 15 is 0 Å². The van der Waals surface area contributed by atoms with Crippen molar-refractivity contribution in [3.63, 3.8) is 0 Å². The molecule has 1 aliphatic rings. The number of anilines is 1. The first kappa shape index (κ1) is 17.3. The molecular weight excluding hydrogens is 371 g/mol. The number of aliphatic hydroxyl groups is 1. The average Bonchev–Trinajstić information content (AvgIpc) is 2.85. The van der Waals surface area contributed by atoms with Gasteiger partial charge in [-0.05, 0) is 17.7 Å². The summed E-state index contributed by atoms with van der Waals surface area (Å²) in [4.78, 5) is 34.3. The van der Waals surface area contributed by atoms with E-state index in [1.807, 2.05) is 0 Å². The van der Waals surface area contributed by atoms with Crippen LogP contribution < -0.4 is 5.32 Å². The molecule has 2 aromatic rings. The van der Waals surface area contributed by atoms with Gasteiger partial charge in [0.15, 0.2) is 5.60 Å². The number of fused-ring (bicyclic) bond motifs is 1. The molecule has 2 aromatic carbocycles. The minimum Gasteiger partial charge on any atom is -0.374 e. The van der Waals surface area contributed by atoms with Crippen molar-refractivity contribution >= 4 is 46.8 Å². The van der Waals surface area contributed by atoms with Crippen LogP contribution in [0, 0.1) is 10.1 Å². The summed E-state index contributed by atoms with van der Waals surface area (Å²) >= 11 is 12.2. The van der Waals surface area contributed by atoms with E-state index in [1.54, 1.807) is 0 Å². The number of nitro benzene ring substituents is 1. The molecule has 128 valence electrons. The lowest BCUT2D eigenvalue weighted by Crippen LogP contribution is -2.41. The molecule has 1 amide bonds. The second kappa shape index (κ2) is 6.11. The standard InChI is InChI=1S/C16H10Cl2N2O5/c17-11-5-6-12(18)14-13(11)16(23,15(22)19-14)10(7-21)8-1-3-9(4-2-8)20(24)25/h1-7,10,23H,(H,19,22). The van der Waals surface area contributed by atoms with Crippen molar-refractivity contribution in [1.29, 1.82) is 0 Å². The zero-order chi connectivity index (χ0) is 18.4. The largest absolute Gasteiger partial charge is 0.374 e. The number of amides is 1. The summed E-state index contributed by atoms with van der Waals surface area (Å²) in [6, 6.07) is 7.84. The minimum absolute atomic E-state index is 0.00196. The van der Waals surface area contributed by atoms with Crippen LogP contribution >= 0.6 is 23.2 Å². The smallest absolute Gasteiger partial charge is 0.269 e. The van der Waals surface area contributed by atoms with Gasteiger partial charge in [-0.15, -0.1) is 0 Å². The fourth-order valence-corrected chi connectivity index (χ4v) is 3.39. The molecule has 0 aliphatic carbocycles. The highest BCUT2D eigenvalue weighted by molar-refractivity contribution is 6.38. The van der Waals surface area contributed by atoms with Crippen LogP contribution in [0.25, 0.3) is 0 Å². The summed E-state index contributed by atoms with van der Waals surface area (Å²) in [6.45, 7) is 0. The molecular formula is C16H10Cl2N2O5. The van der Waals surface area contributed by atoms with E-state index in [0.717, 1.165) is 0 Å². The Bertz CT molecular complexity index is 900. The Morgan fingerprint density at radius 3 is 2.32 bits per heavy atom. The van der Waals surface area contributed by atoms with Crippen LogP contribution in [0.5, 0.6) is 0 Å². The molecule has 25 heavy (non-hydrogen) atoms. The summed E-state index contributed by atoms with van der Waals surface area (Å²) in [6.07, 6.45) is 0.396. The Morgan fingerprint density at radius 2 is 1.76 bits per heavy atom. The molecule has 1 heterocycles. The SMILES string of the molecule is O=CC(c1ccc([N+](=O)[O-])cc1)C1(O)C(=O)Nc2c(Cl)ccc(Cl)c21. The van der Waals surface area contributed by atoms with Crippen LogP contribution in [-0.4, -0.2) is 22.2 Å². The van der Waals surface area contributed by atoms with Crippen LogP contribution in [0.3, 0.4) is 0 Å². The normalized spacial score (nSPS) is 19.9. The summed E-state index contributed by atoms with van der Waals surface area (Å²) in [5.41, 5.74) is -2.10. The van der Waals surface area contributed by atoms with E-state index in [2.05, 4.69) is 5.32 Å². The number of carbonyl (C=O) groups is 2. The fraction of sp³-hybridized carbons (Fsp3) is 0.125. The van der Waals surface area contributed by atoms with Gasteiger partial charge in [0, 0.05) is 22.7 Å². The van der Waals surface area contributed by atoms with Gasteiger partial charge in [0.05, 0.1) is 21.6 Å². The number of hydrogen-bond acceptors (Lipinski definition) is 5. The molecule has 1 aliphatic heterocycles. The molecule has 0 saturated heterocycles. The number of carbonyl (C=O) groups excluding carboxylic acids is 2. The zero-order valence-corrected chi connectivity index (χ0v) is 13.9. The Kier molecular flexibility index (Phi) is 4.24. The van der Waals surface area contributed by atoms with Gasteiger partial charge in [0.1, 0.15) is 6.29 Å². The molecule has 0 radical (unpaired) electrons. The van der Waals surface area contributed by atoms with Gasteiger partial charge in [0.2, 0.25) is 0 Å². The fourth-order valence-electron chi connectivity index (χ4n) is 2.89. The first-order valence-electron chi connectivity index (χ1n) is 7.02. The third kappa shape index (κ3) is 2.57. The molecule has 9 heteroatoms. The summed E-state index contributed by atoms with van der Waals surface area (Å²) in [5.74, 6) is -2.18. The van der Waals surface area contributed by atoms with E-state index in [-0.39, 0.29) is 32.5 Å². The van der Waals surface area contributed by atoms with Crippen LogP contribution in [0.2, 0.25) is 10.0 Å². The van der Waals surface area contributed by atoms with Crippen molar-refractivity contribution in [2.24, 2.45) is 0 Å². The number of nitrogens with zero attached hydrogens (tertiary/aromatic N) is 1. The Hall–Kier alpha value is -2.48. The molecule has 0 spiro atoms. The molecule has 0 aromatic heterocycles. The topological polar surface area (TPSA) is 110 Å². The van der Waals surface area contributed by atoms with E-state index in [0.29, 0.717) is 6.29 Å². The number of rotatable bonds is 4. The Balaban J connectivity index is 2.16. The maximum absolute atomic E-state index is 12.5. The predicted octanol–water partition coefficient (Wildman–Crippen LogP) is 3.02.